The summed E-state index contributed by atoms with van der Waals surface area (Å²) < 4.78 is 24.2. The number of allylic oxidation sites excluding steroid dienone is 1. The smallest absolute Gasteiger partial charge is 0.337 e. The number of hydrogen-bond donors (Lipinski definition) is 1. The summed E-state index contributed by atoms with van der Waals surface area (Å²) >= 11 is 6.59. The number of ketones is 2. The molecule has 1 aromatic heterocycles. The Labute approximate surface area is 255 Å². The molecule has 3 atom stereocenters. The molecular formula is C31H28ClN3O9. The summed E-state index contributed by atoms with van der Waals surface area (Å²) in [6.45, 7) is 1.71. The van der Waals surface area contributed by atoms with Crippen LogP contribution in [0.3, 0.4) is 0 Å². The third-order valence-corrected chi connectivity index (χ3v) is 9.10. The second kappa shape index (κ2) is 10.1. The number of rotatable bonds is 4. The van der Waals surface area contributed by atoms with E-state index in [0.717, 1.165) is 4.57 Å². The Morgan fingerprint density at radius 2 is 1.66 bits per heavy atom. The van der Waals surface area contributed by atoms with E-state index in [2.05, 4.69) is 5.32 Å². The van der Waals surface area contributed by atoms with Gasteiger partial charge in [0.2, 0.25) is 17.2 Å². The predicted molar refractivity (Wildman–Crippen MR) is 158 cm³/mol. The molecule has 2 aliphatic heterocycles. The highest BCUT2D eigenvalue weighted by Gasteiger charge is 2.63. The summed E-state index contributed by atoms with van der Waals surface area (Å²) in [5.41, 5.74) is -1.77. The summed E-state index contributed by atoms with van der Waals surface area (Å²) in [6, 6.07) is 7.71. The zero-order chi connectivity index (χ0) is 31.8. The number of anilines is 1. The van der Waals surface area contributed by atoms with Crippen LogP contribution in [0.15, 0.2) is 51.2 Å². The minimum Gasteiger partial charge on any atom is -0.496 e. The molecule has 1 aliphatic carbocycles. The minimum absolute atomic E-state index is 0.0132. The zero-order valence-corrected chi connectivity index (χ0v) is 25.5. The summed E-state index contributed by atoms with van der Waals surface area (Å²) in [6.07, 6.45) is 0.150. The number of fused-ring (bicyclic) bond motifs is 2. The zero-order valence-electron chi connectivity index (χ0n) is 24.7. The molecule has 0 fully saturated rings. The summed E-state index contributed by atoms with van der Waals surface area (Å²) in [7, 11) is 6.91. The first-order valence-electron chi connectivity index (χ1n) is 13.6. The number of aromatic nitrogens is 2. The van der Waals surface area contributed by atoms with E-state index in [4.69, 9.17) is 30.5 Å². The number of nitrogens with zero attached hydrogens (tertiary/aromatic N) is 2. The molecule has 0 amide bonds. The second-order valence-corrected chi connectivity index (χ2v) is 11.3. The second-order valence-electron chi connectivity index (χ2n) is 10.9. The lowest BCUT2D eigenvalue weighted by atomic mass is 9.66. The first kappa shape index (κ1) is 29.2. The van der Waals surface area contributed by atoms with Gasteiger partial charge in [-0.15, -0.1) is 0 Å². The number of esters is 1. The summed E-state index contributed by atoms with van der Waals surface area (Å²) in [5, 5.41) is 3.18. The van der Waals surface area contributed by atoms with Crippen molar-refractivity contribution in [2.45, 2.75) is 24.9 Å². The highest BCUT2D eigenvalue weighted by molar-refractivity contribution is 6.36. The van der Waals surface area contributed by atoms with Gasteiger partial charge in [-0.25, -0.2) is 9.59 Å². The molecule has 0 saturated heterocycles. The van der Waals surface area contributed by atoms with Crippen molar-refractivity contribution in [3.05, 3.63) is 89.7 Å². The van der Waals surface area contributed by atoms with Crippen molar-refractivity contribution in [2.75, 3.05) is 26.6 Å². The van der Waals surface area contributed by atoms with E-state index in [1.54, 1.807) is 19.1 Å². The topological polar surface area (TPSA) is 144 Å². The van der Waals surface area contributed by atoms with Gasteiger partial charge in [-0.1, -0.05) is 30.7 Å². The van der Waals surface area contributed by atoms with E-state index in [9.17, 15) is 24.0 Å². The van der Waals surface area contributed by atoms with Crippen LogP contribution in [-0.4, -0.2) is 53.6 Å². The number of hydrogen-bond acceptors (Lipinski definition) is 10. The molecule has 2 aromatic carbocycles. The number of halogens is 1. The van der Waals surface area contributed by atoms with Crippen LogP contribution in [0.5, 0.6) is 17.2 Å². The normalized spacial score (nSPS) is 21.7. The molecule has 44 heavy (non-hydrogen) atoms. The average molecular weight is 622 g/mol. The van der Waals surface area contributed by atoms with Crippen LogP contribution in [0.25, 0.3) is 0 Å². The first-order chi connectivity index (χ1) is 20.9. The van der Waals surface area contributed by atoms with E-state index in [1.807, 2.05) is 0 Å². The van der Waals surface area contributed by atoms with Gasteiger partial charge in [-0.2, -0.15) is 0 Å². The van der Waals surface area contributed by atoms with Crippen molar-refractivity contribution < 1.29 is 33.3 Å². The summed E-state index contributed by atoms with van der Waals surface area (Å²) in [4.78, 5) is 68.0. The van der Waals surface area contributed by atoms with E-state index in [1.165, 1.54) is 58.2 Å². The molecule has 3 aromatic rings. The fourth-order valence-electron chi connectivity index (χ4n) is 6.45. The SMILES string of the molecule is COC(=O)c1ccc([C@H]2C3=C(C[C@@H](C)[C@]4(Oc5c(Cl)c(OC)cc(OC)c5C4=O)C3=O)Nc3c2c(=O)n(C)c(=O)n3C)cc1. The Balaban J connectivity index is 1.60. The number of nitrogens with one attached hydrogen (secondary N) is 1. The molecule has 12 nitrogen and oxygen atoms in total. The van der Waals surface area contributed by atoms with Crippen molar-refractivity contribution in [1.82, 2.24) is 9.13 Å². The molecule has 0 radical (unpaired) electrons. The highest BCUT2D eigenvalue weighted by atomic mass is 35.5. The largest absolute Gasteiger partial charge is 0.496 e. The Morgan fingerprint density at radius 3 is 2.27 bits per heavy atom. The molecule has 0 saturated carbocycles. The van der Waals surface area contributed by atoms with Gasteiger partial charge in [0.1, 0.15) is 27.9 Å². The fourth-order valence-corrected chi connectivity index (χ4v) is 6.72. The number of carbonyl (C=O) groups is 3. The number of carbonyl (C=O) groups excluding carboxylic acids is 3. The van der Waals surface area contributed by atoms with Crippen molar-refractivity contribution >= 4 is 35.0 Å². The standard InChI is InChI=1S/C31H28ClN3O9/c1-13-11-16-20(25(36)31(13)26(37)21-17(41-4)12-18(42-5)23(32)24(21)44-31)19(14-7-9-15(10-8-14)29(39)43-6)22-27(33-16)34(2)30(40)35(3)28(22)38/h7-10,12-13,19,33H,11H2,1-6H3/t13-,19+,31+/m1/s1. The molecule has 13 heteroatoms. The van der Waals surface area contributed by atoms with Gasteiger partial charge in [-0.05, 0) is 24.1 Å². The Hall–Kier alpha value is -4.84. The lowest BCUT2D eigenvalue weighted by molar-refractivity contribution is -0.130. The van der Waals surface area contributed by atoms with Crippen LogP contribution >= 0.6 is 11.6 Å². The molecular weight excluding hydrogens is 594 g/mol. The number of Topliss-reactive ketones (excluding diaryl/α,β-unsaturated/α-hetero) is 2. The third-order valence-electron chi connectivity index (χ3n) is 8.74. The fraction of sp³-hybridized carbons (Fsp3) is 0.323. The molecule has 0 bridgehead atoms. The minimum atomic E-state index is -2.03. The van der Waals surface area contributed by atoms with Crippen molar-refractivity contribution in [3.63, 3.8) is 0 Å². The van der Waals surface area contributed by atoms with Gasteiger partial charge in [0.25, 0.3) is 5.56 Å². The first-order valence-corrected chi connectivity index (χ1v) is 14.0. The van der Waals surface area contributed by atoms with Crippen molar-refractivity contribution in [1.29, 1.82) is 0 Å². The number of methoxy groups -OCH3 is 3. The maximum Gasteiger partial charge on any atom is 0.337 e. The van der Waals surface area contributed by atoms with Crippen LogP contribution in [-0.2, 0) is 23.6 Å². The average Bonchev–Trinajstić information content (AvgIpc) is 3.35. The van der Waals surface area contributed by atoms with Gasteiger partial charge in [-0.3, -0.25) is 23.5 Å². The van der Waals surface area contributed by atoms with Gasteiger partial charge in [0.05, 0.1) is 32.5 Å². The number of ether oxygens (including phenoxy) is 4. The highest BCUT2D eigenvalue weighted by Crippen LogP contribution is 2.56. The van der Waals surface area contributed by atoms with Crippen LogP contribution < -0.4 is 30.8 Å². The molecule has 0 unspecified atom stereocenters. The quantitative estimate of drug-likeness (QED) is 0.341. The molecule has 228 valence electrons. The van der Waals surface area contributed by atoms with E-state index in [0.29, 0.717) is 11.3 Å². The van der Waals surface area contributed by atoms with E-state index < -0.39 is 46.2 Å². The van der Waals surface area contributed by atoms with Gasteiger partial charge in [0.15, 0.2) is 5.75 Å². The van der Waals surface area contributed by atoms with E-state index in [-0.39, 0.29) is 56.8 Å². The molecule has 3 heterocycles. The molecule has 1 spiro atoms. The molecule has 3 aliphatic rings. The van der Waals surface area contributed by atoms with Crippen LogP contribution in [0.1, 0.15) is 51.1 Å². The Morgan fingerprint density at radius 1 is 1.00 bits per heavy atom. The maximum atomic E-state index is 14.9. The predicted octanol–water partition coefficient (Wildman–Crippen LogP) is 2.98. The summed E-state index contributed by atoms with van der Waals surface area (Å²) in [5.74, 6) is -3.06. The lowest BCUT2D eigenvalue weighted by Crippen LogP contribution is -2.58. The Kier molecular flexibility index (Phi) is 6.73. The molecule has 6 rings (SSSR count). The Bertz CT molecular complexity index is 1960. The van der Waals surface area contributed by atoms with Gasteiger partial charge in [0, 0.05) is 43.3 Å². The van der Waals surface area contributed by atoms with Crippen LogP contribution in [0, 0.1) is 5.92 Å². The van der Waals surface area contributed by atoms with Gasteiger partial charge >= 0.3 is 11.7 Å². The molecule has 1 N–H and O–H groups in total. The van der Waals surface area contributed by atoms with Crippen molar-refractivity contribution in [2.24, 2.45) is 20.0 Å². The van der Waals surface area contributed by atoms with Crippen LogP contribution in [0.4, 0.5) is 5.82 Å². The lowest BCUT2D eigenvalue weighted by Gasteiger charge is -2.42. The van der Waals surface area contributed by atoms with Crippen LogP contribution in [0.2, 0.25) is 5.02 Å². The number of benzene rings is 2. The van der Waals surface area contributed by atoms with E-state index >= 15 is 0 Å². The van der Waals surface area contributed by atoms with Crippen molar-refractivity contribution in [3.8, 4) is 17.2 Å². The third kappa shape index (κ3) is 3.73. The maximum absolute atomic E-state index is 14.9. The van der Waals surface area contributed by atoms with Gasteiger partial charge < -0.3 is 24.3 Å². The monoisotopic (exact) mass is 621 g/mol.